The Balaban J connectivity index is 2.21. The highest BCUT2D eigenvalue weighted by Gasteiger charge is 2.16. The van der Waals surface area contributed by atoms with Crippen molar-refractivity contribution >= 4 is 17.8 Å². The third-order valence-corrected chi connectivity index (χ3v) is 3.02. The van der Waals surface area contributed by atoms with E-state index >= 15 is 0 Å². The Morgan fingerprint density at radius 2 is 1.74 bits per heavy atom. The zero-order valence-corrected chi connectivity index (χ0v) is 12.1. The summed E-state index contributed by atoms with van der Waals surface area (Å²) in [5.41, 5.74) is 0. The largest absolute Gasteiger partial charge is 0.354 e. The molecule has 1 aliphatic rings. The van der Waals surface area contributed by atoms with Crippen molar-refractivity contribution in [3.05, 3.63) is 0 Å². The van der Waals surface area contributed by atoms with Crippen molar-refractivity contribution in [1.82, 2.24) is 15.0 Å². The van der Waals surface area contributed by atoms with Gasteiger partial charge in [0.25, 0.3) is 0 Å². The Hall–Kier alpha value is -1.59. The lowest BCUT2D eigenvalue weighted by atomic mass is 10.1. The molecule has 19 heavy (non-hydrogen) atoms. The molecule has 0 aromatic carbocycles. The Labute approximate surface area is 115 Å². The van der Waals surface area contributed by atoms with E-state index in [4.69, 9.17) is 0 Å². The van der Waals surface area contributed by atoms with Crippen molar-refractivity contribution in [2.24, 2.45) is 0 Å². The third kappa shape index (κ3) is 3.94. The number of nitrogens with one attached hydrogen (secondary N) is 2. The second-order valence-electron chi connectivity index (χ2n) is 5.16. The van der Waals surface area contributed by atoms with Crippen molar-refractivity contribution in [3.63, 3.8) is 0 Å². The predicted molar refractivity (Wildman–Crippen MR) is 78.8 cm³/mol. The maximum Gasteiger partial charge on any atom is 0.231 e. The van der Waals surface area contributed by atoms with Crippen LogP contribution in [0, 0.1) is 0 Å². The van der Waals surface area contributed by atoms with Gasteiger partial charge in [0.05, 0.1) is 0 Å². The quantitative estimate of drug-likeness (QED) is 0.849. The molecule has 1 saturated heterocycles. The summed E-state index contributed by atoms with van der Waals surface area (Å²) in [5.74, 6) is 2.09. The Morgan fingerprint density at radius 3 is 2.37 bits per heavy atom. The molecule has 1 fully saturated rings. The molecule has 1 aliphatic heterocycles. The molecule has 2 heterocycles. The first-order valence-corrected chi connectivity index (χ1v) is 7.20. The van der Waals surface area contributed by atoms with Gasteiger partial charge in [-0.15, -0.1) is 0 Å². The molecule has 0 radical (unpaired) electrons. The van der Waals surface area contributed by atoms with E-state index in [1.807, 2.05) is 6.92 Å². The molecule has 2 rings (SSSR count). The molecule has 0 amide bonds. The summed E-state index contributed by atoms with van der Waals surface area (Å²) in [5, 5.41) is 6.43. The molecule has 106 valence electrons. The first-order valence-electron chi connectivity index (χ1n) is 7.20. The van der Waals surface area contributed by atoms with E-state index in [9.17, 15) is 0 Å². The number of nitrogens with zero attached hydrogens (tertiary/aromatic N) is 4. The van der Waals surface area contributed by atoms with Gasteiger partial charge in [-0.1, -0.05) is 0 Å². The van der Waals surface area contributed by atoms with E-state index in [1.165, 1.54) is 19.3 Å². The van der Waals surface area contributed by atoms with E-state index in [-0.39, 0.29) is 0 Å². The molecule has 1 aromatic heterocycles. The first kappa shape index (κ1) is 13.8. The average molecular weight is 264 g/mol. The topological polar surface area (TPSA) is 66.0 Å². The van der Waals surface area contributed by atoms with Crippen LogP contribution < -0.4 is 15.5 Å². The van der Waals surface area contributed by atoms with Gasteiger partial charge in [0.1, 0.15) is 0 Å². The highest BCUT2D eigenvalue weighted by molar-refractivity contribution is 5.44. The highest BCUT2D eigenvalue weighted by atomic mass is 15.3. The second-order valence-corrected chi connectivity index (χ2v) is 5.16. The number of piperidine rings is 1. The average Bonchev–Trinajstić information content (AvgIpc) is 2.39. The van der Waals surface area contributed by atoms with Crippen LogP contribution in [0.25, 0.3) is 0 Å². The molecule has 0 aliphatic carbocycles. The predicted octanol–water partition coefficient (Wildman–Crippen LogP) is 2.11. The SMILES string of the molecule is CCNc1nc(NC(C)C)nc(N2CCCCC2)n1. The molecule has 1 aromatic rings. The van der Waals surface area contributed by atoms with Crippen molar-refractivity contribution in [2.45, 2.75) is 46.1 Å². The van der Waals surface area contributed by atoms with Crippen LogP contribution in [0.3, 0.4) is 0 Å². The zero-order valence-electron chi connectivity index (χ0n) is 12.1. The molecule has 0 spiro atoms. The minimum atomic E-state index is 0.311. The summed E-state index contributed by atoms with van der Waals surface area (Å²) in [4.78, 5) is 15.7. The van der Waals surface area contributed by atoms with Gasteiger partial charge in [0.15, 0.2) is 0 Å². The van der Waals surface area contributed by atoms with Gasteiger partial charge >= 0.3 is 0 Å². The van der Waals surface area contributed by atoms with Gasteiger partial charge in [0, 0.05) is 25.7 Å². The molecular weight excluding hydrogens is 240 g/mol. The third-order valence-electron chi connectivity index (χ3n) is 3.02. The molecular formula is C13H24N6. The summed E-state index contributed by atoms with van der Waals surface area (Å²) in [6, 6.07) is 0.311. The van der Waals surface area contributed by atoms with Gasteiger partial charge in [-0.25, -0.2) is 0 Å². The van der Waals surface area contributed by atoms with Crippen molar-refractivity contribution in [2.75, 3.05) is 35.2 Å². The second kappa shape index (κ2) is 6.54. The van der Waals surface area contributed by atoms with Gasteiger partial charge < -0.3 is 15.5 Å². The highest BCUT2D eigenvalue weighted by Crippen LogP contribution is 2.18. The minimum absolute atomic E-state index is 0.311. The van der Waals surface area contributed by atoms with E-state index in [1.54, 1.807) is 0 Å². The summed E-state index contributed by atoms with van der Waals surface area (Å²) < 4.78 is 0. The minimum Gasteiger partial charge on any atom is -0.354 e. The fourth-order valence-electron chi connectivity index (χ4n) is 2.16. The fraction of sp³-hybridized carbons (Fsp3) is 0.769. The van der Waals surface area contributed by atoms with Crippen LogP contribution in [0.2, 0.25) is 0 Å². The summed E-state index contributed by atoms with van der Waals surface area (Å²) in [6.07, 6.45) is 3.74. The maximum atomic E-state index is 4.53. The van der Waals surface area contributed by atoms with Crippen LogP contribution in [-0.2, 0) is 0 Å². The Morgan fingerprint density at radius 1 is 1.05 bits per heavy atom. The van der Waals surface area contributed by atoms with E-state index in [0.717, 1.165) is 25.6 Å². The summed E-state index contributed by atoms with van der Waals surface area (Å²) in [7, 11) is 0. The summed E-state index contributed by atoms with van der Waals surface area (Å²) >= 11 is 0. The Kier molecular flexibility index (Phi) is 4.76. The van der Waals surface area contributed by atoms with Gasteiger partial charge in [-0.3, -0.25) is 0 Å². The lowest BCUT2D eigenvalue weighted by Gasteiger charge is -2.27. The number of hydrogen-bond acceptors (Lipinski definition) is 6. The number of rotatable bonds is 5. The smallest absolute Gasteiger partial charge is 0.231 e. The maximum absolute atomic E-state index is 4.53. The normalized spacial score (nSPS) is 15.7. The van der Waals surface area contributed by atoms with Crippen LogP contribution >= 0.6 is 0 Å². The Bertz CT molecular complexity index is 400. The molecule has 6 heteroatoms. The molecule has 0 bridgehead atoms. The van der Waals surface area contributed by atoms with E-state index in [0.29, 0.717) is 17.9 Å². The fourth-order valence-corrected chi connectivity index (χ4v) is 2.16. The lowest BCUT2D eigenvalue weighted by Crippen LogP contribution is -2.31. The number of anilines is 3. The van der Waals surface area contributed by atoms with Crippen LogP contribution in [0.1, 0.15) is 40.0 Å². The van der Waals surface area contributed by atoms with E-state index in [2.05, 4.69) is 44.3 Å². The first-order chi connectivity index (χ1) is 9.19. The van der Waals surface area contributed by atoms with Gasteiger partial charge in [-0.2, -0.15) is 15.0 Å². The standard InChI is InChI=1S/C13H24N6/c1-4-14-11-16-12(15-10(2)3)18-13(17-11)19-8-6-5-7-9-19/h10H,4-9H2,1-3H3,(H2,14,15,16,17,18). The number of aromatic nitrogens is 3. The van der Waals surface area contributed by atoms with Crippen molar-refractivity contribution in [3.8, 4) is 0 Å². The molecule has 2 N–H and O–H groups in total. The van der Waals surface area contributed by atoms with Crippen LogP contribution in [0.15, 0.2) is 0 Å². The lowest BCUT2D eigenvalue weighted by molar-refractivity contribution is 0.567. The number of hydrogen-bond donors (Lipinski definition) is 2. The van der Waals surface area contributed by atoms with E-state index < -0.39 is 0 Å². The van der Waals surface area contributed by atoms with Crippen molar-refractivity contribution < 1.29 is 0 Å². The monoisotopic (exact) mass is 264 g/mol. The van der Waals surface area contributed by atoms with Crippen LogP contribution in [0.5, 0.6) is 0 Å². The molecule has 6 nitrogen and oxygen atoms in total. The zero-order chi connectivity index (χ0) is 13.7. The van der Waals surface area contributed by atoms with Crippen LogP contribution in [-0.4, -0.2) is 40.6 Å². The molecule has 0 unspecified atom stereocenters. The molecule has 0 saturated carbocycles. The molecule has 0 atom stereocenters. The van der Waals surface area contributed by atoms with Crippen molar-refractivity contribution in [1.29, 1.82) is 0 Å². The van der Waals surface area contributed by atoms with Gasteiger partial charge in [-0.05, 0) is 40.0 Å². The van der Waals surface area contributed by atoms with Crippen LogP contribution in [0.4, 0.5) is 17.8 Å². The summed E-state index contributed by atoms with van der Waals surface area (Å²) in [6.45, 7) is 9.09. The van der Waals surface area contributed by atoms with Gasteiger partial charge in [0.2, 0.25) is 17.8 Å².